The number of nitrogens with zero attached hydrogens (tertiary/aromatic N) is 6. The Morgan fingerprint density at radius 2 is 1.70 bits per heavy atom. The van der Waals surface area contributed by atoms with Crippen molar-refractivity contribution in [2.24, 2.45) is 11.8 Å². The highest BCUT2D eigenvalue weighted by Crippen LogP contribution is 2.61. The van der Waals surface area contributed by atoms with Gasteiger partial charge in [-0.25, -0.2) is 4.68 Å². The number of aliphatic hydroxyl groups is 1. The lowest BCUT2D eigenvalue weighted by atomic mass is 9.78. The van der Waals surface area contributed by atoms with Gasteiger partial charge in [0.2, 0.25) is 17.7 Å². The maximum Gasteiger partial charge on any atom is 0.248 e. The van der Waals surface area contributed by atoms with Crippen LogP contribution in [0.15, 0.2) is 78.9 Å². The quantitative estimate of drug-likeness (QED) is 0.313. The summed E-state index contributed by atoms with van der Waals surface area (Å²) in [6.07, 6.45) is 9.19. The summed E-state index contributed by atoms with van der Waals surface area (Å²) in [5.74, 6) is -1.60. The highest BCUT2D eigenvalue weighted by Gasteiger charge is 2.70. The topological polar surface area (TPSA) is 112 Å². The number of hydrogen-bond acceptors (Lipinski definition) is 7. The minimum atomic E-state index is -0.877. The lowest BCUT2D eigenvalue weighted by molar-refractivity contribution is -0.145. The molecule has 3 aromatic rings. The molecule has 43 heavy (non-hydrogen) atoms. The average Bonchev–Trinajstić information content (AvgIpc) is 3.57. The van der Waals surface area contributed by atoms with E-state index in [0.717, 1.165) is 16.6 Å². The predicted octanol–water partition coefficient (Wildman–Crippen LogP) is 2.46. The summed E-state index contributed by atoms with van der Waals surface area (Å²) >= 11 is 1.58. The first kappa shape index (κ1) is 27.8. The Morgan fingerprint density at radius 3 is 2.53 bits per heavy atom. The SMILES string of the molecule is O=C1C2N(CCCCO)C(=O)[C@@H]3[C@H]4C(=O)N(Cc5ccccc5)CC=C[C@H]4S[C@]23C=CCN1Cn1nnc2ccccc21. The number of fused-ring (bicyclic) bond motifs is 3. The number of para-hydroxylation sites is 1. The Labute approximate surface area is 254 Å². The second-order valence-corrected chi connectivity index (χ2v) is 13.1. The summed E-state index contributed by atoms with van der Waals surface area (Å²) in [5.41, 5.74) is 2.60. The number of aliphatic hydroxyl groups excluding tert-OH is 1. The second-order valence-electron chi connectivity index (χ2n) is 11.6. The van der Waals surface area contributed by atoms with Gasteiger partial charge >= 0.3 is 0 Å². The molecule has 1 unspecified atom stereocenters. The lowest BCUT2D eigenvalue weighted by Crippen LogP contribution is -2.53. The number of amides is 3. The van der Waals surface area contributed by atoms with Crippen LogP contribution in [0.1, 0.15) is 18.4 Å². The molecule has 2 aromatic carbocycles. The first-order valence-corrected chi connectivity index (χ1v) is 15.7. The zero-order chi connectivity index (χ0) is 29.6. The average molecular weight is 599 g/mol. The Hall–Kier alpha value is -3.96. The number of rotatable bonds is 8. The van der Waals surface area contributed by atoms with Gasteiger partial charge in [0.1, 0.15) is 18.2 Å². The molecule has 0 bridgehead atoms. The third-order valence-electron chi connectivity index (χ3n) is 9.07. The summed E-state index contributed by atoms with van der Waals surface area (Å²) < 4.78 is 0.834. The summed E-state index contributed by atoms with van der Waals surface area (Å²) in [6.45, 7) is 1.85. The molecule has 1 N–H and O–H groups in total. The largest absolute Gasteiger partial charge is 0.396 e. The number of likely N-dealkylation sites (tertiary alicyclic amines) is 1. The van der Waals surface area contributed by atoms with Gasteiger partial charge in [-0.2, -0.15) is 0 Å². The van der Waals surface area contributed by atoms with Gasteiger partial charge in [0, 0.05) is 38.0 Å². The highest BCUT2D eigenvalue weighted by molar-refractivity contribution is 8.02. The highest BCUT2D eigenvalue weighted by atomic mass is 32.2. The molecule has 0 saturated carbocycles. The molecule has 4 aliphatic heterocycles. The van der Waals surface area contributed by atoms with Crippen molar-refractivity contribution >= 4 is 40.5 Å². The van der Waals surface area contributed by atoms with Gasteiger partial charge in [0.25, 0.3) is 0 Å². The van der Waals surface area contributed by atoms with Crippen LogP contribution < -0.4 is 0 Å². The number of thioether (sulfide) groups is 1. The van der Waals surface area contributed by atoms with Gasteiger partial charge in [-0.15, -0.1) is 16.9 Å². The van der Waals surface area contributed by atoms with E-state index in [9.17, 15) is 19.5 Å². The Bertz CT molecular complexity index is 1610. The fraction of sp³-hybridized carbons (Fsp3) is 0.406. The maximum atomic E-state index is 14.5. The van der Waals surface area contributed by atoms with E-state index in [4.69, 9.17) is 0 Å². The zero-order valence-corrected chi connectivity index (χ0v) is 24.6. The normalized spacial score (nSPS) is 28.3. The third kappa shape index (κ3) is 4.65. The van der Waals surface area contributed by atoms with Gasteiger partial charge in [-0.1, -0.05) is 72.0 Å². The van der Waals surface area contributed by atoms with E-state index >= 15 is 0 Å². The van der Waals surface area contributed by atoms with E-state index in [1.54, 1.807) is 26.2 Å². The fourth-order valence-corrected chi connectivity index (χ4v) is 9.13. The second kappa shape index (κ2) is 11.3. The Balaban J connectivity index is 1.24. The van der Waals surface area contributed by atoms with Gasteiger partial charge in [0.05, 0.1) is 22.1 Å². The van der Waals surface area contributed by atoms with E-state index in [2.05, 4.69) is 16.4 Å². The molecular formula is C32H34N6O4S. The first-order valence-electron chi connectivity index (χ1n) is 14.8. The van der Waals surface area contributed by atoms with Gasteiger partial charge in [-0.3, -0.25) is 14.4 Å². The molecule has 5 heterocycles. The van der Waals surface area contributed by atoms with Crippen LogP contribution in [0.2, 0.25) is 0 Å². The van der Waals surface area contributed by atoms with Gasteiger partial charge < -0.3 is 19.8 Å². The maximum absolute atomic E-state index is 14.5. The monoisotopic (exact) mass is 598 g/mol. The van der Waals surface area contributed by atoms with Crippen molar-refractivity contribution in [3.05, 3.63) is 84.5 Å². The van der Waals surface area contributed by atoms with Crippen molar-refractivity contribution in [1.82, 2.24) is 29.7 Å². The van der Waals surface area contributed by atoms with Crippen LogP contribution >= 0.6 is 11.8 Å². The van der Waals surface area contributed by atoms with E-state index in [1.807, 2.05) is 77.7 Å². The number of benzene rings is 2. The molecule has 11 heteroatoms. The molecule has 7 rings (SSSR count). The Kier molecular flexibility index (Phi) is 7.30. The van der Waals surface area contributed by atoms with Gasteiger partial charge in [-0.05, 0) is 30.5 Å². The van der Waals surface area contributed by atoms with Crippen molar-refractivity contribution < 1.29 is 19.5 Å². The summed E-state index contributed by atoms with van der Waals surface area (Å²) in [6, 6.07) is 16.7. The van der Waals surface area contributed by atoms with Crippen LogP contribution in [-0.4, -0.2) is 94.8 Å². The van der Waals surface area contributed by atoms with E-state index in [1.165, 1.54) is 0 Å². The van der Waals surface area contributed by atoms with Crippen LogP contribution in [0.4, 0.5) is 0 Å². The van der Waals surface area contributed by atoms with E-state index in [-0.39, 0.29) is 36.2 Å². The molecule has 10 nitrogen and oxygen atoms in total. The summed E-state index contributed by atoms with van der Waals surface area (Å²) in [4.78, 5) is 48.4. The fourth-order valence-electron chi connectivity index (χ4n) is 7.13. The number of aromatic nitrogens is 3. The van der Waals surface area contributed by atoms with E-state index in [0.29, 0.717) is 39.0 Å². The first-order chi connectivity index (χ1) is 21.0. The lowest BCUT2D eigenvalue weighted by Gasteiger charge is -2.35. The third-order valence-corrected chi connectivity index (χ3v) is 10.8. The summed E-state index contributed by atoms with van der Waals surface area (Å²) in [5, 5.41) is 17.8. The smallest absolute Gasteiger partial charge is 0.248 e. The molecule has 5 atom stereocenters. The van der Waals surface area contributed by atoms with Crippen LogP contribution in [0.5, 0.6) is 0 Å². The molecule has 0 aliphatic carbocycles. The molecule has 222 valence electrons. The molecule has 2 saturated heterocycles. The van der Waals surface area contributed by atoms with Crippen molar-refractivity contribution in [1.29, 1.82) is 0 Å². The molecular weight excluding hydrogens is 564 g/mol. The summed E-state index contributed by atoms with van der Waals surface area (Å²) in [7, 11) is 0. The molecule has 3 amide bonds. The molecule has 1 spiro atoms. The predicted molar refractivity (Wildman–Crippen MR) is 162 cm³/mol. The molecule has 0 radical (unpaired) electrons. The number of carbonyl (C=O) groups is 3. The van der Waals surface area contributed by atoms with Crippen molar-refractivity contribution in [2.75, 3.05) is 26.2 Å². The van der Waals surface area contributed by atoms with Crippen molar-refractivity contribution in [3.8, 4) is 0 Å². The number of hydrogen-bond donors (Lipinski definition) is 1. The minimum Gasteiger partial charge on any atom is -0.396 e. The van der Waals surface area contributed by atoms with Crippen LogP contribution in [-0.2, 0) is 27.6 Å². The molecule has 4 aliphatic rings. The molecule has 1 aromatic heterocycles. The molecule has 2 fully saturated rings. The Morgan fingerprint density at radius 1 is 0.907 bits per heavy atom. The van der Waals surface area contributed by atoms with Crippen LogP contribution in [0.3, 0.4) is 0 Å². The van der Waals surface area contributed by atoms with E-state index < -0.39 is 22.6 Å². The van der Waals surface area contributed by atoms with Crippen LogP contribution in [0.25, 0.3) is 11.0 Å². The van der Waals surface area contributed by atoms with Gasteiger partial charge in [0.15, 0.2) is 0 Å². The van der Waals surface area contributed by atoms with Crippen molar-refractivity contribution in [3.63, 3.8) is 0 Å². The minimum absolute atomic E-state index is 0.0117. The standard InChI is InChI=1S/C32H34N6O4S/c39-19-7-6-18-37-28-31(42)36(21-38-24-13-5-4-12-23(24)33-34-38)17-9-15-32(28)27(30(37)41)26-25(43-32)14-8-16-35(29(26)40)20-22-10-2-1-3-11-22/h1-5,8-15,25-28,39H,6-7,16-21H2/t25-,26+,27+,28?,32+/m1/s1. The van der Waals surface area contributed by atoms with Crippen molar-refractivity contribution in [2.45, 2.75) is 42.1 Å². The number of unbranched alkanes of at least 4 members (excludes halogenated alkanes) is 1. The number of carbonyl (C=O) groups excluding carboxylic acids is 3. The zero-order valence-electron chi connectivity index (χ0n) is 23.7. The van der Waals surface area contributed by atoms with Crippen LogP contribution in [0, 0.1) is 11.8 Å².